The van der Waals surface area contributed by atoms with Crippen LogP contribution in [-0.4, -0.2) is 68.0 Å². The molecule has 0 saturated carbocycles. The zero-order valence-corrected chi connectivity index (χ0v) is 17.6. The molecule has 3 aliphatic rings. The molecule has 0 spiro atoms. The number of ether oxygens (including phenoxy) is 4. The molecule has 3 aliphatic heterocycles. The van der Waals surface area contributed by atoms with E-state index < -0.39 is 0 Å². The van der Waals surface area contributed by atoms with Crippen molar-refractivity contribution >= 4 is 5.91 Å². The number of hydrogen-bond acceptors (Lipinski definition) is 6. The number of hydrogen-bond donors (Lipinski definition) is 0. The van der Waals surface area contributed by atoms with E-state index in [0.717, 1.165) is 69.4 Å². The Morgan fingerprint density at radius 2 is 1.81 bits per heavy atom. The van der Waals surface area contributed by atoms with Gasteiger partial charge in [-0.15, -0.1) is 0 Å². The minimum Gasteiger partial charge on any atom is -0.491 e. The summed E-state index contributed by atoms with van der Waals surface area (Å²) in [6.45, 7) is 5.67. The highest BCUT2D eigenvalue weighted by Gasteiger charge is 2.23. The van der Waals surface area contributed by atoms with Crippen LogP contribution in [0.2, 0.25) is 0 Å². The number of amides is 1. The summed E-state index contributed by atoms with van der Waals surface area (Å²) in [6, 6.07) is 13.5. The number of benzene rings is 2. The first-order chi connectivity index (χ1) is 15.2. The van der Waals surface area contributed by atoms with Gasteiger partial charge in [0.1, 0.15) is 12.4 Å². The largest absolute Gasteiger partial charge is 0.491 e. The van der Waals surface area contributed by atoms with Gasteiger partial charge in [0, 0.05) is 44.9 Å². The summed E-state index contributed by atoms with van der Waals surface area (Å²) in [5, 5.41) is 0. The Balaban J connectivity index is 1.10. The topological polar surface area (TPSA) is 60.5 Å². The van der Waals surface area contributed by atoms with Crippen LogP contribution in [0.1, 0.15) is 28.8 Å². The van der Waals surface area contributed by atoms with Gasteiger partial charge in [-0.3, -0.25) is 9.69 Å². The second-order valence-electron chi connectivity index (χ2n) is 8.23. The van der Waals surface area contributed by atoms with Gasteiger partial charge in [-0.25, -0.2) is 0 Å². The van der Waals surface area contributed by atoms with Crippen molar-refractivity contribution in [3.63, 3.8) is 0 Å². The van der Waals surface area contributed by atoms with Crippen LogP contribution in [0.25, 0.3) is 0 Å². The Bertz CT molecular complexity index is 903. The number of rotatable bonds is 6. The quantitative estimate of drug-likeness (QED) is 0.711. The second-order valence-corrected chi connectivity index (χ2v) is 8.23. The van der Waals surface area contributed by atoms with E-state index >= 15 is 0 Å². The maximum Gasteiger partial charge on any atom is 0.253 e. The third-order valence-corrected chi connectivity index (χ3v) is 6.06. The van der Waals surface area contributed by atoms with E-state index in [9.17, 15) is 4.79 Å². The molecular formula is C24H28N2O5. The first-order valence-corrected chi connectivity index (χ1v) is 11.0. The molecule has 2 saturated heterocycles. The minimum atomic E-state index is 0.0772. The zero-order valence-electron chi connectivity index (χ0n) is 17.6. The third-order valence-electron chi connectivity index (χ3n) is 6.06. The van der Waals surface area contributed by atoms with Gasteiger partial charge in [-0.2, -0.15) is 0 Å². The van der Waals surface area contributed by atoms with Crippen molar-refractivity contribution < 1.29 is 23.7 Å². The first kappa shape index (κ1) is 20.2. The molecule has 7 nitrogen and oxygen atoms in total. The van der Waals surface area contributed by atoms with Crippen molar-refractivity contribution in [3.05, 3.63) is 53.6 Å². The predicted molar refractivity (Wildman–Crippen MR) is 115 cm³/mol. The Morgan fingerprint density at radius 3 is 2.58 bits per heavy atom. The summed E-state index contributed by atoms with van der Waals surface area (Å²) in [6.07, 6.45) is 2.35. The van der Waals surface area contributed by atoms with Gasteiger partial charge in [0.05, 0.1) is 6.10 Å². The van der Waals surface area contributed by atoms with Crippen molar-refractivity contribution in [1.29, 1.82) is 0 Å². The number of carbonyl (C=O) groups is 1. The fourth-order valence-corrected chi connectivity index (χ4v) is 4.25. The van der Waals surface area contributed by atoms with Crippen molar-refractivity contribution in [2.45, 2.75) is 25.5 Å². The molecule has 3 heterocycles. The van der Waals surface area contributed by atoms with E-state index in [2.05, 4.69) is 11.0 Å². The van der Waals surface area contributed by atoms with Crippen LogP contribution in [0.3, 0.4) is 0 Å². The van der Waals surface area contributed by atoms with E-state index in [1.807, 2.05) is 41.3 Å². The van der Waals surface area contributed by atoms with Crippen molar-refractivity contribution in [1.82, 2.24) is 9.80 Å². The number of fused-ring (bicyclic) bond motifs is 1. The highest BCUT2D eigenvalue weighted by Crippen LogP contribution is 2.32. The lowest BCUT2D eigenvalue weighted by Crippen LogP contribution is -2.48. The fourth-order valence-electron chi connectivity index (χ4n) is 4.25. The summed E-state index contributed by atoms with van der Waals surface area (Å²) >= 11 is 0. The summed E-state index contributed by atoms with van der Waals surface area (Å²) in [7, 11) is 0. The summed E-state index contributed by atoms with van der Waals surface area (Å²) in [5.74, 6) is 2.48. The standard InChI is InChI=1S/C24H28N2O5/c27-24(19-4-6-20(7-5-19)29-16-21-2-1-13-28-21)26-11-9-25(10-12-26)15-18-3-8-22-23(14-18)31-17-30-22/h3-8,14,21H,1-2,9-13,15-17H2. The van der Waals surface area contributed by atoms with Gasteiger partial charge in [0.2, 0.25) is 6.79 Å². The maximum absolute atomic E-state index is 12.9. The SMILES string of the molecule is O=C(c1ccc(OCC2CCCO2)cc1)N1CCN(Cc2ccc3c(c2)OCO3)CC1. The van der Waals surface area contributed by atoms with Crippen LogP contribution < -0.4 is 14.2 Å². The molecule has 0 bridgehead atoms. The summed E-state index contributed by atoms with van der Waals surface area (Å²) in [5.41, 5.74) is 1.90. The van der Waals surface area contributed by atoms with Crippen LogP contribution >= 0.6 is 0 Å². The molecule has 2 fully saturated rings. The fraction of sp³-hybridized carbons (Fsp3) is 0.458. The molecule has 1 amide bonds. The molecule has 1 atom stereocenters. The van der Waals surface area contributed by atoms with Gasteiger partial charge in [0.25, 0.3) is 5.91 Å². The predicted octanol–water partition coefficient (Wildman–Crippen LogP) is 2.93. The lowest BCUT2D eigenvalue weighted by atomic mass is 10.1. The summed E-state index contributed by atoms with van der Waals surface area (Å²) < 4.78 is 22.2. The average Bonchev–Trinajstić information content (AvgIpc) is 3.50. The van der Waals surface area contributed by atoms with Crippen molar-refractivity contribution in [2.75, 3.05) is 46.2 Å². The van der Waals surface area contributed by atoms with Crippen LogP contribution in [-0.2, 0) is 11.3 Å². The van der Waals surface area contributed by atoms with E-state index in [1.54, 1.807) is 0 Å². The average molecular weight is 424 g/mol. The maximum atomic E-state index is 12.9. The molecule has 31 heavy (non-hydrogen) atoms. The molecule has 164 valence electrons. The van der Waals surface area contributed by atoms with Gasteiger partial charge >= 0.3 is 0 Å². The number of carbonyl (C=O) groups excluding carboxylic acids is 1. The van der Waals surface area contributed by atoms with Gasteiger partial charge in [-0.1, -0.05) is 6.07 Å². The monoisotopic (exact) mass is 424 g/mol. The lowest BCUT2D eigenvalue weighted by molar-refractivity contribution is 0.0627. The Morgan fingerprint density at radius 1 is 1.00 bits per heavy atom. The molecule has 2 aromatic carbocycles. The van der Waals surface area contributed by atoms with Crippen LogP contribution in [0.4, 0.5) is 0 Å². The van der Waals surface area contributed by atoms with Crippen LogP contribution in [0, 0.1) is 0 Å². The Labute approximate surface area is 182 Å². The minimum absolute atomic E-state index is 0.0772. The second kappa shape index (κ2) is 9.16. The zero-order chi connectivity index (χ0) is 21.0. The normalized spacial score (nSPS) is 20.8. The molecule has 5 rings (SSSR count). The van der Waals surface area contributed by atoms with Crippen LogP contribution in [0.15, 0.2) is 42.5 Å². The lowest BCUT2D eigenvalue weighted by Gasteiger charge is -2.34. The Hall–Kier alpha value is -2.77. The molecule has 2 aromatic rings. The Kier molecular flexibility index (Phi) is 5.95. The third kappa shape index (κ3) is 4.78. The van der Waals surface area contributed by atoms with E-state index in [4.69, 9.17) is 18.9 Å². The molecule has 0 aromatic heterocycles. The van der Waals surface area contributed by atoms with E-state index in [0.29, 0.717) is 19.0 Å². The molecule has 7 heteroatoms. The molecular weight excluding hydrogens is 396 g/mol. The molecule has 1 unspecified atom stereocenters. The van der Waals surface area contributed by atoms with Crippen molar-refractivity contribution in [2.24, 2.45) is 0 Å². The highest BCUT2D eigenvalue weighted by molar-refractivity contribution is 5.94. The molecule has 0 N–H and O–H groups in total. The smallest absolute Gasteiger partial charge is 0.253 e. The van der Waals surface area contributed by atoms with Crippen LogP contribution in [0.5, 0.6) is 17.2 Å². The molecule has 0 radical (unpaired) electrons. The van der Waals surface area contributed by atoms with E-state index in [-0.39, 0.29) is 12.0 Å². The van der Waals surface area contributed by atoms with Crippen molar-refractivity contribution in [3.8, 4) is 17.2 Å². The first-order valence-electron chi connectivity index (χ1n) is 11.0. The highest BCUT2D eigenvalue weighted by atomic mass is 16.7. The van der Waals surface area contributed by atoms with Gasteiger partial charge < -0.3 is 23.8 Å². The van der Waals surface area contributed by atoms with Gasteiger partial charge in [-0.05, 0) is 54.8 Å². The van der Waals surface area contributed by atoms with E-state index in [1.165, 1.54) is 5.56 Å². The number of nitrogens with zero attached hydrogens (tertiary/aromatic N) is 2. The molecule has 0 aliphatic carbocycles. The number of piperazine rings is 1. The van der Waals surface area contributed by atoms with Gasteiger partial charge in [0.15, 0.2) is 11.5 Å². The summed E-state index contributed by atoms with van der Waals surface area (Å²) in [4.78, 5) is 17.2.